The third-order valence-corrected chi connectivity index (χ3v) is 2.77. The number of nitrogens with two attached hydrogens (primary N) is 1. The van der Waals surface area contributed by atoms with Crippen molar-refractivity contribution in [2.45, 2.75) is 20.1 Å². The van der Waals surface area contributed by atoms with Gasteiger partial charge in [0, 0.05) is 0 Å². The van der Waals surface area contributed by atoms with Gasteiger partial charge in [-0.05, 0) is 35.7 Å². The lowest BCUT2D eigenvalue weighted by atomic mass is 10.1. The van der Waals surface area contributed by atoms with Gasteiger partial charge in [-0.1, -0.05) is 30.3 Å². The van der Waals surface area contributed by atoms with E-state index in [4.69, 9.17) is 15.6 Å². The summed E-state index contributed by atoms with van der Waals surface area (Å²) in [7, 11) is 0. The van der Waals surface area contributed by atoms with Crippen molar-refractivity contribution in [3.05, 3.63) is 59.2 Å². The van der Waals surface area contributed by atoms with Crippen LogP contribution in [0.3, 0.4) is 0 Å². The third kappa shape index (κ3) is 3.02. The highest BCUT2D eigenvalue weighted by Gasteiger charge is 2.01. The maximum atomic E-state index is 8.96. The van der Waals surface area contributed by atoms with Crippen molar-refractivity contribution in [2.75, 3.05) is 5.73 Å². The Morgan fingerprint density at radius 2 is 1.72 bits per heavy atom. The molecule has 0 heterocycles. The minimum atomic E-state index is 0.0615. The number of aliphatic hydroxyl groups excluding tert-OH is 1. The van der Waals surface area contributed by atoms with Crippen molar-refractivity contribution < 1.29 is 9.84 Å². The van der Waals surface area contributed by atoms with Gasteiger partial charge in [-0.25, -0.2) is 0 Å². The molecule has 0 spiro atoms. The Hall–Kier alpha value is -2.00. The van der Waals surface area contributed by atoms with Crippen LogP contribution < -0.4 is 10.5 Å². The normalized spacial score (nSPS) is 10.3. The molecular weight excluding hydrogens is 226 g/mol. The highest BCUT2D eigenvalue weighted by Crippen LogP contribution is 2.23. The Morgan fingerprint density at radius 3 is 2.39 bits per heavy atom. The lowest BCUT2D eigenvalue weighted by Gasteiger charge is -2.10. The first kappa shape index (κ1) is 12.5. The predicted octanol–water partition coefficient (Wildman–Crippen LogP) is 2.65. The highest BCUT2D eigenvalue weighted by atomic mass is 16.5. The minimum absolute atomic E-state index is 0.0615. The molecule has 0 aliphatic carbocycles. The van der Waals surface area contributed by atoms with Crippen LogP contribution in [0.4, 0.5) is 5.69 Å². The average molecular weight is 243 g/mol. The summed E-state index contributed by atoms with van der Waals surface area (Å²) in [5.74, 6) is 0.709. The fourth-order valence-corrected chi connectivity index (χ4v) is 1.67. The molecule has 2 aromatic carbocycles. The van der Waals surface area contributed by atoms with Crippen LogP contribution in [0.5, 0.6) is 5.75 Å². The molecule has 3 nitrogen and oxygen atoms in total. The van der Waals surface area contributed by atoms with Crippen molar-refractivity contribution in [1.82, 2.24) is 0 Å². The fourth-order valence-electron chi connectivity index (χ4n) is 1.67. The van der Waals surface area contributed by atoms with E-state index in [1.54, 1.807) is 0 Å². The van der Waals surface area contributed by atoms with E-state index in [0.717, 1.165) is 16.7 Å². The van der Waals surface area contributed by atoms with Gasteiger partial charge in [-0.3, -0.25) is 0 Å². The average Bonchev–Trinajstić information content (AvgIpc) is 2.40. The second kappa shape index (κ2) is 5.56. The Bertz CT molecular complexity index is 521. The molecule has 0 aliphatic rings. The Kier molecular flexibility index (Phi) is 3.85. The van der Waals surface area contributed by atoms with Crippen molar-refractivity contribution in [2.24, 2.45) is 0 Å². The largest absolute Gasteiger partial charge is 0.487 e. The molecule has 94 valence electrons. The number of nitrogen functional groups attached to an aromatic ring is 1. The van der Waals surface area contributed by atoms with Gasteiger partial charge >= 0.3 is 0 Å². The molecule has 3 heteroatoms. The van der Waals surface area contributed by atoms with E-state index in [1.165, 1.54) is 0 Å². The number of hydrogen-bond donors (Lipinski definition) is 2. The second-order valence-electron chi connectivity index (χ2n) is 4.30. The van der Waals surface area contributed by atoms with E-state index >= 15 is 0 Å². The van der Waals surface area contributed by atoms with Crippen LogP contribution in [0.15, 0.2) is 42.5 Å². The summed E-state index contributed by atoms with van der Waals surface area (Å²) < 4.78 is 5.69. The number of aryl methyl sites for hydroxylation is 1. The molecule has 0 aliphatic heterocycles. The molecule has 0 radical (unpaired) electrons. The maximum absolute atomic E-state index is 8.96. The van der Waals surface area contributed by atoms with Crippen LogP contribution in [0, 0.1) is 6.92 Å². The van der Waals surface area contributed by atoms with Crippen LogP contribution in [0.2, 0.25) is 0 Å². The maximum Gasteiger partial charge on any atom is 0.142 e. The molecule has 0 saturated heterocycles. The molecule has 0 saturated carbocycles. The van der Waals surface area contributed by atoms with Crippen molar-refractivity contribution in [3.8, 4) is 5.75 Å². The van der Waals surface area contributed by atoms with Crippen LogP contribution in [0.25, 0.3) is 0 Å². The molecule has 0 atom stereocenters. The summed E-state index contributed by atoms with van der Waals surface area (Å²) in [6.07, 6.45) is 0. The van der Waals surface area contributed by atoms with Gasteiger partial charge < -0.3 is 15.6 Å². The standard InChI is InChI=1S/C15H17NO2/c1-11-2-7-14(16)15(8-11)18-10-13-5-3-12(9-17)4-6-13/h2-8,17H,9-10,16H2,1H3. The molecule has 2 aromatic rings. The quantitative estimate of drug-likeness (QED) is 0.812. The smallest absolute Gasteiger partial charge is 0.142 e. The summed E-state index contributed by atoms with van der Waals surface area (Å²) in [5, 5.41) is 8.96. The second-order valence-corrected chi connectivity index (χ2v) is 4.30. The van der Waals surface area contributed by atoms with E-state index < -0.39 is 0 Å². The van der Waals surface area contributed by atoms with Crippen LogP contribution in [-0.4, -0.2) is 5.11 Å². The Labute approximate surface area is 107 Å². The van der Waals surface area contributed by atoms with E-state index in [2.05, 4.69) is 0 Å². The lowest BCUT2D eigenvalue weighted by molar-refractivity contribution is 0.281. The van der Waals surface area contributed by atoms with E-state index in [1.807, 2.05) is 49.4 Å². The molecule has 0 unspecified atom stereocenters. The topological polar surface area (TPSA) is 55.5 Å². The third-order valence-electron chi connectivity index (χ3n) is 2.77. The van der Waals surface area contributed by atoms with E-state index in [0.29, 0.717) is 18.0 Å². The van der Waals surface area contributed by atoms with Gasteiger partial charge in [0.25, 0.3) is 0 Å². The summed E-state index contributed by atoms with van der Waals surface area (Å²) in [6, 6.07) is 13.4. The van der Waals surface area contributed by atoms with Gasteiger partial charge in [0.2, 0.25) is 0 Å². The Balaban J connectivity index is 2.04. The highest BCUT2D eigenvalue weighted by molar-refractivity contribution is 5.53. The van der Waals surface area contributed by atoms with Gasteiger partial charge in [0.1, 0.15) is 12.4 Å². The van der Waals surface area contributed by atoms with Crippen molar-refractivity contribution >= 4 is 5.69 Å². The number of aliphatic hydroxyl groups is 1. The zero-order valence-corrected chi connectivity index (χ0v) is 10.4. The predicted molar refractivity (Wildman–Crippen MR) is 72.3 cm³/mol. The monoisotopic (exact) mass is 243 g/mol. The van der Waals surface area contributed by atoms with Gasteiger partial charge in [0.15, 0.2) is 0 Å². The number of benzene rings is 2. The molecule has 2 rings (SSSR count). The number of rotatable bonds is 4. The molecular formula is C15H17NO2. The summed E-state index contributed by atoms with van der Waals surface area (Å²) >= 11 is 0. The molecule has 0 fully saturated rings. The first-order chi connectivity index (χ1) is 8.69. The van der Waals surface area contributed by atoms with Crippen LogP contribution in [0.1, 0.15) is 16.7 Å². The summed E-state index contributed by atoms with van der Waals surface area (Å²) in [4.78, 5) is 0. The zero-order chi connectivity index (χ0) is 13.0. The van der Waals surface area contributed by atoms with E-state index in [-0.39, 0.29) is 6.61 Å². The minimum Gasteiger partial charge on any atom is -0.487 e. The molecule has 0 amide bonds. The zero-order valence-electron chi connectivity index (χ0n) is 10.4. The lowest BCUT2D eigenvalue weighted by Crippen LogP contribution is -1.99. The molecule has 3 N–H and O–H groups in total. The Morgan fingerprint density at radius 1 is 1.06 bits per heavy atom. The SMILES string of the molecule is Cc1ccc(N)c(OCc2ccc(CO)cc2)c1. The molecule has 0 bridgehead atoms. The molecule has 18 heavy (non-hydrogen) atoms. The number of hydrogen-bond acceptors (Lipinski definition) is 3. The summed E-state index contributed by atoms with van der Waals surface area (Å²) in [6.45, 7) is 2.54. The van der Waals surface area contributed by atoms with Gasteiger partial charge in [-0.15, -0.1) is 0 Å². The summed E-state index contributed by atoms with van der Waals surface area (Å²) in [5.41, 5.74) is 9.55. The first-order valence-electron chi connectivity index (χ1n) is 5.86. The number of anilines is 1. The van der Waals surface area contributed by atoms with Crippen molar-refractivity contribution in [1.29, 1.82) is 0 Å². The van der Waals surface area contributed by atoms with Crippen LogP contribution in [-0.2, 0) is 13.2 Å². The van der Waals surface area contributed by atoms with Gasteiger partial charge in [0.05, 0.1) is 12.3 Å². The molecule has 0 aromatic heterocycles. The first-order valence-corrected chi connectivity index (χ1v) is 5.86. The number of ether oxygens (including phenoxy) is 1. The van der Waals surface area contributed by atoms with Gasteiger partial charge in [-0.2, -0.15) is 0 Å². The van der Waals surface area contributed by atoms with Crippen LogP contribution >= 0.6 is 0 Å². The van der Waals surface area contributed by atoms with Crippen molar-refractivity contribution in [3.63, 3.8) is 0 Å². The van der Waals surface area contributed by atoms with E-state index in [9.17, 15) is 0 Å². The fraction of sp³-hybridized carbons (Fsp3) is 0.200.